The van der Waals surface area contributed by atoms with Crippen molar-refractivity contribution in [2.45, 2.75) is 19.4 Å². The first-order chi connectivity index (χ1) is 9.13. The first kappa shape index (κ1) is 13.5. The van der Waals surface area contributed by atoms with Crippen LogP contribution in [-0.4, -0.2) is 25.3 Å². The Kier molecular flexibility index (Phi) is 4.12. The summed E-state index contributed by atoms with van der Waals surface area (Å²) < 4.78 is 5.82. The molecule has 1 amide bonds. The van der Waals surface area contributed by atoms with Gasteiger partial charge in [0, 0.05) is 13.5 Å². The van der Waals surface area contributed by atoms with E-state index in [1.54, 1.807) is 7.05 Å². The molecule has 4 nitrogen and oxygen atoms in total. The normalized spacial score (nSPS) is 20.5. The van der Waals surface area contributed by atoms with Gasteiger partial charge in [-0.3, -0.25) is 9.79 Å². The number of rotatable bonds is 3. The van der Waals surface area contributed by atoms with E-state index in [1.807, 2.05) is 37.3 Å². The Morgan fingerprint density at radius 2 is 2.05 bits per heavy atom. The van der Waals surface area contributed by atoms with E-state index in [-0.39, 0.29) is 6.10 Å². The number of carbonyl (C=O) groups excluding carboxylic acids is 1. The monoisotopic (exact) mass is 258 g/mol. The second-order valence-electron chi connectivity index (χ2n) is 4.61. The van der Waals surface area contributed by atoms with Gasteiger partial charge in [0.2, 0.25) is 0 Å². The molecule has 0 fully saturated rings. The highest BCUT2D eigenvalue weighted by molar-refractivity contribution is 6.45. The van der Waals surface area contributed by atoms with E-state index in [9.17, 15) is 4.79 Å². The third-order valence-electron chi connectivity index (χ3n) is 3.32. The average Bonchev–Trinajstić information content (AvgIpc) is 2.42. The first-order valence-corrected chi connectivity index (χ1v) is 6.25. The van der Waals surface area contributed by atoms with Gasteiger partial charge >= 0.3 is 0 Å². The summed E-state index contributed by atoms with van der Waals surface area (Å²) in [6.45, 7) is 2.45. The number of aliphatic imine (C=N–C) groups is 1. The molecule has 4 heteroatoms. The minimum absolute atomic E-state index is 0.0454. The second kappa shape index (κ2) is 5.80. The summed E-state index contributed by atoms with van der Waals surface area (Å²) in [6.07, 6.45) is 0.585. The van der Waals surface area contributed by atoms with Crippen LogP contribution in [0.15, 0.2) is 46.5 Å². The largest absolute Gasteiger partial charge is 0.369 e. The third-order valence-corrected chi connectivity index (χ3v) is 3.32. The van der Waals surface area contributed by atoms with Gasteiger partial charge in [-0.05, 0) is 23.6 Å². The molecule has 1 aliphatic heterocycles. The molecule has 0 saturated heterocycles. The standard InChI is InChI=1S/C15H18N2O2/c1-10-9-19-13(11-6-4-3-5-7-11)8-12(10)14(17-2)15(16)18/h3-7,13H,8-9H2,1-2H3,(H2,16,18). The highest BCUT2D eigenvalue weighted by Gasteiger charge is 2.25. The average molecular weight is 258 g/mol. The number of primary amides is 1. The quantitative estimate of drug-likeness (QED) is 0.843. The SMILES string of the molecule is CN=C(C(N)=O)C1=C(C)COC(c2ccccc2)C1. The molecule has 0 bridgehead atoms. The van der Waals surface area contributed by atoms with E-state index in [1.165, 1.54) is 0 Å². The molecule has 1 unspecified atom stereocenters. The van der Waals surface area contributed by atoms with Crippen LogP contribution < -0.4 is 5.73 Å². The fourth-order valence-corrected chi connectivity index (χ4v) is 2.31. The van der Waals surface area contributed by atoms with Gasteiger partial charge in [0.05, 0.1) is 12.7 Å². The van der Waals surface area contributed by atoms with Crippen LogP contribution in [0.5, 0.6) is 0 Å². The number of amides is 1. The topological polar surface area (TPSA) is 64.7 Å². The van der Waals surface area contributed by atoms with E-state index in [2.05, 4.69) is 4.99 Å². The molecule has 1 aromatic rings. The molecule has 0 spiro atoms. The van der Waals surface area contributed by atoms with Crippen molar-refractivity contribution in [1.82, 2.24) is 0 Å². The Morgan fingerprint density at radius 3 is 2.63 bits per heavy atom. The Morgan fingerprint density at radius 1 is 1.37 bits per heavy atom. The van der Waals surface area contributed by atoms with Gasteiger partial charge in [-0.2, -0.15) is 0 Å². The minimum Gasteiger partial charge on any atom is -0.369 e. The van der Waals surface area contributed by atoms with Crippen molar-refractivity contribution in [1.29, 1.82) is 0 Å². The van der Waals surface area contributed by atoms with Crippen LogP contribution in [0, 0.1) is 0 Å². The molecule has 0 saturated carbocycles. The van der Waals surface area contributed by atoms with Gasteiger partial charge < -0.3 is 10.5 Å². The molecule has 1 aromatic carbocycles. The van der Waals surface area contributed by atoms with Crippen LogP contribution in [0.1, 0.15) is 25.0 Å². The van der Waals surface area contributed by atoms with Crippen LogP contribution in [0.25, 0.3) is 0 Å². The van der Waals surface area contributed by atoms with E-state index < -0.39 is 5.91 Å². The summed E-state index contributed by atoms with van der Waals surface area (Å²) in [6, 6.07) is 9.97. The van der Waals surface area contributed by atoms with E-state index >= 15 is 0 Å². The maximum atomic E-state index is 11.4. The number of hydrogen-bond acceptors (Lipinski definition) is 3. The number of hydrogen-bond donors (Lipinski definition) is 1. The summed E-state index contributed by atoms with van der Waals surface area (Å²) >= 11 is 0. The van der Waals surface area contributed by atoms with Crippen LogP contribution in [0.4, 0.5) is 0 Å². The van der Waals surface area contributed by atoms with Crippen molar-refractivity contribution >= 4 is 11.6 Å². The number of ether oxygens (including phenoxy) is 1. The van der Waals surface area contributed by atoms with Gasteiger partial charge in [0.1, 0.15) is 5.71 Å². The van der Waals surface area contributed by atoms with Gasteiger partial charge in [0.15, 0.2) is 0 Å². The number of nitrogens with two attached hydrogens (primary N) is 1. The van der Waals surface area contributed by atoms with Crippen molar-refractivity contribution in [2.75, 3.05) is 13.7 Å². The van der Waals surface area contributed by atoms with Crippen LogP contribution >= 0.6 is 0 Å². The summed E-state index contributed by atoms with van der Waals surface area (Å²) in [5.74, 6) is -0.481. The van der Waals surface area contributed by atoms with Crippen molar-refractivity contribution in [3.8, 4) is 0 Å². The smallest absolute Gasteiger partial charge is 0.267 e. The highest BCUT2D eigenvalue weighted by atomic mass is 16.5. The number of benzene rings is 1. The van der Waals surface area contributed by atoms with Gasteiger partial charge in [0.25, 0.3) is 5.91 Å². The first-order valence-electron chi connectivity index (χ1n) is 6.25. The zero-order chi connectivity index (χ0) is 13.8. The molecule has 1 heterocycles. The summed E-state index contributed by atoms with van der Waals surface area (Å²) in [7, 11) is 1.59. The van der Waals surface area contributed by atoms with Crippen LogP contribution in [-0.2, 0) is 9.53 Å². The van der Waals surface area contributed by atoms with Crippen molar-refractivity contribution in [2.24, 2.45) is 10.7 Å². The van der Waals surface area contributed by atoms with Gasteiger partial charge in [-0.15, -0.1) is 0 Å². The van der Waals surface area contributed by atoms with E-state index in [0.717, 1.165) is 16.7 Å². The van der Waals surface area contributed by atoms with Crippen LogP contribution in [0.3, 0.4) is 0 Å². The third kappa shape index (κ3) is 2.90. The number of carbonyl (C=O) groups is 1. The molecule has 0 aromatic heterocycles. The Hall–Kier alpha value is -1.94. The Labute approximate surface area is 113 Å². The van der Waals surface area contributed by atoms with Gasteiger partial charge in [-0.1, -0.05) is 30.3 Å². The van der Waals surface area contributed by atoms with E-state index in [0.29, 0.717) is 18.7 Å². The highest BCUT2D eigenvalue weighted by Crippen LogP contribution is 2.32. The molecule has 2 N–H and O–H groups in total. The Balaban J connectivity index is 2.28. The lowest BCUT2D eigenvalue weighted by atomic mass is 9.92. The lowest BCUT2D eigenvalue weighted by molar-refractivity contribution is -0.112. The van der Waals surface area contributed by atoms with Crippen molar-refractivity contribution in [3.63, 3.8) is 0 Å². The fraction of sp³-hybridized carbons (Fsp3) is 0.333. The molecule has 19 heavy (non-hydrogen) atoms. The predicted molar refractivity (Wildman–Crippen MR) is 75.0 cm³/mol. The molecule has 100 valence electrons. The molecular weight excluding hydrogens is 240 g/mol. The van der Waals surface area contributed by atoms with E-state index in [4.69, 9.17) is 10.5 Å². The zero-order valence-electron chi connectivity index (χ0n) is 11.2. The zero-order valence-corrected chi connectivity index (χ0v) is 11.2. The molecular formula is C15H18N2O2. The molecule has 0 radical (unpaired) electrons. The second-order valence-corrected chi connectivity index (χ2v) is 4.61. The lowest BCUT2D eigenvalue weighted by Crippen LogP contribution is -2.29. The van der Waals surface area contributed by atoms with Crippen LogP contribution in [0.2, 0.25) is 0 Å². The van der Waals surface area contributed by atoms with Gasteiger partial charge in [-0.25, -0.2) is 0 Å². The van der Waals surface area contributed by atoms with Crippen molar-refractivity contribution in [3.05, 3.63) is 47.0 Å². The molecule has 1 atom stereocenters. The fourth-order valence-electron chi connectivity index (χ4n) is 2.31. The number of nitrogens with zero attached hydrogens (tertiary/aromatic N) is 1. The maximum Gasteiger partial charge on any atom is 0.267 e. The minimum atomic E-state index is -0.481. The van der Waals surface area contributed by atoms with Crippen molar-refractivity contribution < 1.29 is 9.53 Å². The molecule has 1 aliphatic rings. The summed E-state index contributed by atoms with van der Waals surface area (Å²) in [5, 5.41) is 0. The predicted octanol–water partition coefficient (Wildman–Crippen LogP) is 2.02. The Bertz CT molecular complexity index is 532. The molecule has 0 aliphatic carbocycles. The summed E-state index contributed by atoms with van der Waals surface area (Å²) in [5.41, 5.74) is 8.78. The molecule has 2 rings (SSSR count). The summed E-state index contributed by atoms with van der Waals surface area (Å²) in [4.78, 5) is 15.5. The maximum absolute atomic E-state index is 11.4. The lowest BCUT2D eigenvalue weighted by Gasteiger charge is -2.27.